The number of ether oxygens (including phenoxy) is 2. The van der Waals surface area contributed by atoms with Crippen LogP contribution in [-0.2, 0) is 9.53 Å². The summed E-state index contributed by atoms with van der Waals surface area (Å²) in [5, 5.41) is 9.29. The first kappa shape index (κ1) is 18.0. The van der Waals surface area contributed by atoms with Gasteiger partial charge in [-0.3, -0.25) is 4.79 Å². The van der Waals surface area contributed by atoms with Gasteiger partial charge in [-0.1, -0.05) is 31.9 Å². The van der Waals surface area contributed by atoms with Gasteiger partial charge in [0.05, 0.1) is 19.8 Å². The van der Waals surface area contributed by atoms with E-state index in [0.717, 1.165) is 24.2 Å². The van der Waals surface area contributed by atoms with Crippen LogP contribution in [0.5, 0.6) is 5.75 Å². The number of carbonyl (C=O) groups excluding carboxylic acids is 1. The van der Waals surface area contributed by atoms with E-state index in [2.05, 4.69) is 6.92 Å². The molecule has 1 aromatic carbocycles. The van der Waals surface area contributed by atoms with Gasteiger partial charge in [0.25, 0.3) is 5.91 Å². The Morgan fingerprint density at radius 1 is 1.29 bits per heavy atom. The highest BCUT2D eigenvalue weighted by atomic mass is 16.5. The monoisotopic (exact) mass is 328 g/mol. The smallest absolute Gasteiger partial charge is 0.264 e. The molecule has 0 bridgehead atoms. The Labute approximate surface area is 143 Å². The van der Waals surface area contributed by atoms with E-state index < -0.39 is 0 Å². The number of hydrogen-bond acceptors (Lipinski definition) is 4. The quantitative estimate of drug-likeness (QED) is 0.438. The average molecular weight is 328 g/mol. The second-order valence-corrected chi connectivity index (χ2v) is 5.70. The minimum Gasteiger partial charge on any atom is -0.494 e. The van der Waals surface area contributed by atoms with Gasteiger partial charge in [-0.25, -0.2) is 0 Å². The molecule has 0 aromatic heterocycles. The summed E-state index contributed by atoms with van der Waals surface area (Å²) in [6.07, 6.45) is 5.00. The molecule has 0 atom stereocenters. The topological polar surface area (TPSA) is 62.6 Å². The fraction of sp³-hybridized carbons (Fsp3) is 0.474. The highest BCUT2D eigenvalue weighted by molar-refractivity contribution is 6.01. The third-order valence-electron chi connectivity index (χ3n) is 3.86. The average Bonchev–Trinajstić information content (AvgIpc) is 2.64. The molecule has 1 amide bonds. The van der Waals surface area contributed by atoms with Crippen LogP contribution in [0.25, 0.3) is 6.08 Å². The van der Waals surface area contributed by atoms with Crippen molar-refractivity contribution in [2.24, 2.45) is 0 Å². The summed E-state index contributed by atoms with van der Waals surface area (Å²) in [7, 11) is 0. The Kier molecular flexibility index (Phi) is 7.31. The SMILES string of the molecule is CCCCCOc1ccc(/C=C(/C#N)C(=O)N2CCOCC2)cc1. The summed E-state index contributed by atoms with van der Waals surface area (Å²) in [5.41, 5.74) is 0.961. The van der Waals surface area contributed by atoms with E-state index >= 15 is 0 Å². The summed E-state index contributed by atoms with van der Waals surface area (Å²) in [6.45, 7) is 4.97. The fourth-order valence-electron chi connectivity index (χ4n) is 2.45. The van der Waals surface area contributed by atoms with E-state index in [9.17, 15) is 10.1 Å². The van der Waals surface area contributed by atoms with Crippen molar-refractivity contribution in [2.45, 2.75) is 26.2 Å². The van der Waals surface area contributed by atoms with E-state index in [1.165, 1.54) is 6.42 Å². The highest BCUT2D eigenvalue weighted by Crippen LogP contribution is 2.16. The third kappa shape index (κ3) is 5.39. The largest absolute Gasteiger partial charge is 0.494 e. The van der Waals surface area contributed by atoms with Crippen molar-refractivity contribution in [1.29, 1.82) is 5.26 Å². The first-order chi connectivity index (χ1) is 11.7. The molecule has 24 heavy (non-hydrogen) atoms. The number of unbranched alkanes of at least 4 members (excludes halogenated alkanes) is 2. The first-order valence-corrected chi connectivity index (χ1v) is 8.46. The second-order valence-electron chi connectivity index (χ2n) is 5.70. The summed E-state index contributed by atoms with van der Waals surface area (Å²) >= 11 is 0. The number of rotatable bonds is 7. The van der Waals surface area contributed by atoms with Crippen molar-refractivity contribution in [3.63, 3.8) is 0 Å². The molecule has 0 radical (unpaired) electrons. The Morgan fingerprint density at radius 2 is 2.00 bits per heavy atom. The maximum absolute atomic E-state index is 12.4. The van der Waals surface area contributed by atoms with Crippen LogP contribution in [0.1, 0.15) is 31.7 Å². The van der Waals surface area contributed by atoms with Gasteiger partial charge in [-0.15, -0.1) is 0 Å². The van der Waals surface area contributed by atoms with Crippen molar-refractivity contribution in [3.8, 4) is 11.8 Å². The molecule has 1 aromatic rings. The summed E-state index contributed by atoms with van der Waals surface area (Å²) < 4.78 is 10.9. The molecule has 0 saturated carbocycles. The van der Waals surface area contributed by atoms with Crippen LogP contribution < -0.4 is 4.74 Å². The number of amides is 1. The molecule has 0 N–H and O–H groups in total. The van der Waals surface area contributed by atoms with Crippen LogP contribution in [0.15, 0.2) is 29.8 Å². The van der Waals surface area contributed by atoms with Crippen LogP contribution >= 0.6 is 0 Å². The normalized spacial score (nSPS) is 15.0. The minimum atomic E-state index is -0.235. The predicted octanol–water partition coefficient (Wildman–Crippen LogP) is 3.02. The Balaban J connectivity index is 1.97. The Hall–Kier alpha value is -2.32. The Bertz CT molecular complexity index is 596. The van der Waals surface area contributed by atoms with Crippen molar-refractivity contribution < 1.29 is 14.3 Å². The highest BCUT2D eigenvalue weighted by Gasteiger charge is 2.20. The molecule has 1 fully saturated rings. The van der Waals surface area contributed by atoms with Crippen LogP contribution in [0.4, 0.5) is 0 Å². The molecule has 5 nitrogen and oxygen atoms in total. The number of nitrogens with zero attached hydrogens (tertiary/aromatic N) is 2. The van der Waals surface area contributed by atoms with Crippen molar-refractivity contribution >= 4 is 12.0 Å². The Morgan fingerprint density at radius 3 is 2.62 bits per heavy atom. The van der Waals surface area contributed by atoms with E-state index in [-0.39, 0.29) is 11.5 Å². The van der Waals surface area contributed by atoms with E-state index in [4.69, 9.17) is 9.47 Å². The summed E-state index contributed by atoms with van der Waals surface area (Å²) in [6, 6.07) is 9.46. The lowest BCUT2D eigenvalue weighted by Gasteiger charge is -2.26. The zero-order chi connectivity index (χ0) is 17.2. The molecule has 1 heterocycles. The van der Waals surface area contributed by atoms with Gasteiger partial charge < -0.3 is 14.4 Å². The molecular formula is C19H24N2O3. The van der Waals surface area contributed by atoms with Crippen molar-refractivity contribution in [2.75, 3.05) is 32.9 Å². The van der Waals surface area contributed by atoms with Gasteiger partial charge in [0.2, 0.25) is 0 Å². The molecule has 2 rings (SSSR count). The zero-order valence-electron chi connectivity index (χ0n) is 14.2. The fourth-order valence-corrected chi connectivity index (χ4v) is 2.45. The van der Waals surface area contributed by atoms with Gasteiger partial charge >= 0.3 is 0 Å². The minimum absolute atomic E-state index is 0.147. The molecular weight excluding hydrogens is 304 g/mol. The zero-order valence-corrected chi connectivity index (χ0v) is 14.2. The maximum Gasteiger partial charge on any atom is 0.264 e. The van der Waals surface area contributed by atoms with Crippen LogP contribution in [0.2, 0.25) is 0 Å². The maximum atomic E-state index is 12.4. The molecule has 128 valence electrons. The lowest BCUT2D eigenvalue weighted by molar-refractivity contribution is -0.130. The molecule has 0 unspecified atom stereocenters. The van der Waals surface area contributed by atoms with E-state index in [0.29, 0.717) is 32.9 Å². The number of benzene rings is 1. The summed E-state index contributed by atoms with van der Waals surface area (Å²) in [4.78, 5) is 14.0. The van der Waals surface area contributed by atoms with Gasteiger partial charge in [-0.2, -0.15) is 5.26 Å². The van der Waals surface area contributed by atoms with Crippen LogP contribution in [-0.4, -0.2) is 43.7 Å². The van der Waals surface area contributed by atoms with Crippen LogP contribution in [0.3, 0.4) is 0 Å². The predicted molar refractivity (Wildman–Crippen MR) is 92.5 cm³/mol. The number of carbonyl (C=O) groups is 1. The van der Waals surface area contributed by atoms with Crippen molar-refractivity contribution in [1.82, 2.24) is 4.90 Å². The number of hydrogen-bond donors (Lipinski definition) is 0. The van der Waals surface area contributed by atoms with Gasteiger partial charge in [0, 0.05) is 13.1 Å². The molecule has 0 aliphatic carbocycles. The van der Waals surface area contributed by atoms with E-state index in [1.54, 1.807) is 11.0 Å². The lowest BCUT2D eigenvalue weighted by Crippen LogP contribution is -2.41. The van der Waals surface area contributed by atoms with Gasteiger partial charge in [0.1, 0.15) is 17.4 Å². The molecule has 0 spiro atoms. The third-order valence-corrected chi connectivity index (χ3v) is 3.86. The second kappa shape index (κ2) is 9.74. The summed E-state index contributed by atoms with van der Waals surface area (Å²) in [5.74, 6) is 0.571. The standard InChI is InChI=1S/C19H24N2O3/c1-2-3-4-11-24-18-7-5-16(6-8-18)14-17(15-20)19(22)21-9-12-23-13-10-21/h5-8,14H,2-4,9-13H2,1H3/b17-14-. The van der Waals surface area contributed by atoms with Gasteiger partial charge in [-0.05, 0) is 30.2 Å². The molecule has 1 aliphatic heterocycles. The first-order valence-electron chi connectivity index (χ1n) is 8.46. The number of nitriles is 1. The number of morpholine rings is 1. The molecule has 1 aliphatic rings. The van der Waals surface area contributed by atoms with Gasteiger partial charge in [0.15, 0.2) is 0 Å². The lowest BCUT2D eigenvalue weighted by atomic mass is 10.1. The van der Waals surface area contributed by atoms with Crippen LogP contribution in [0, 0.1) is 11.3 Å². The van der Waals surface area contributed by atoms with E-state index in [1.807, 2.05) is 30.3 Å². The molecule has 1 saturated heterocycles. The van der Waals surface area contributed by atoms with Crippen molar-refractivity contribution in [3.05, 3.63) is 35.4 Å². The molecule has 5 heteroatoms.